The van der Waals surface area contributed by atoms with Crippen molar-refractivity contribution in [2.75, 3.05) is 55.4 Å². The molecule has 0 radical (unpaired) electrons. The molecule has 16 heavy (non-hydrogen) atoms. The van der Waals surface area contributed by atoms with Crippen LogP contribution >= 0.6 is 7.87 Å². The highest BCUT2D eigenvalue weighted by molar-refractivity contribution is 7.66. The summed E-state index contributed by atoms with van der Waals surface area (Å²) in [7, 11) is 11.5. The van der Waals surface area contributed by atoms with Crippen molar-refractivity contribution in [1.29, 1.82) is 0 Å². The van der Waals surface area contributed by atoms with Crippen LogP contribution in [0.5, 0.6) is 0 Å². The molecule has 0 aliphatic rings. The molecule has 0 spiro atoms. The lowest BCUT2D eigenvalue weighted by molar-refractivity contribution is -0.00000373. The monoisotopic (exact) mass is 270 g/mol. The van der Waals surface area contributed by atoms with Crippen LogP contribution in [0.2, 0.25) is 0 Å². The minimum absolute atomic E-state index is 0. The summed E-state index contributed by atoms with van der Waals surface area (Å²) in [6.07, 6.45) is 0. The Labute approximate surface area is 109 Å². The zero-order valence-electron chi connectivity index (χ0n) is 12.0. The molecule has 0 atom stereocenters. The highest BCUT2D eigenvalue weighted by Crippen LogP contribution is 2.65. The van der Waals surface area contributed by atoms with Crippen LogP contribution in [-0.4, -0.2) is 74.1 Å². The summed E-state index contributed by atoms with van der Waals surface area (Å²) in [4.78, 5) is 0. The minimum Gasteiger partial charge on any atom is -1.00 e. The van der Waals surface area contributed by atoms with Crippen LogP contribution in [0, 0.1) is 0 Å². The Morgan fingerprint density at radius 1 is 0.688 bits per heavy atom. The van der Waals surface area contributed by atoms with Gasteiger partial charge in [0, 0.05) is 55.4 Å². The molecule has 4 nitrogen and oxygen atoms in total. The fourth-order valence-electron chi connectivity index (χ4n) is 2.44. The number of halogens is 1. The summed E-state index contributed by atoms with van der Waals surface area (Å²) in [6, 6.07) is 0. The van der Waals surface area contributed by atoms with Crippen molar-refractivity contribution in [1.82, 2.24) is 18.7 Å². The van der Waals surface area contributed by atoms with Gasteiger partial charge in [-0.3, -0.25) is 0 Å². The van der Waals surface area contributed by atoms with Gasteiger partial charge < -0.3 is 12.4 Å². The van der Waals surface area contributed by atoms with E-state index in [-0.39, 0.29) is 12.4 Å². The fraction of sp³-hybridized carbons (Fsp3) is 1.00. The van der Waals surface area contributed by atoms with E-state index in [0.717, 1.165) is 13.1 Å². The molecule has 0 N–H and O–H groups in total. The van der Waals surface area contributed by atoms with Crippen LogP contribution in [0.15, 0.2) is 0 Å². The quantitative estimate of drug-likeness (QED) is 0.556. The zero-order valence-corrected chi connectivity index (χ0v) is 13.7. The molecule has 100 valence electrons. The van der Waals surface area contributed by atoms with E-state index < -0.39 is 7.87 Å². The SMILES string of the molecule is CCN(CC)[P+](N(C)C)(N(C)C)N(C)C.[Cl-]. The Bertz CT molecular complexity index is 162. The Morgan fingerprint density at radius 3 is 1.00 bits per heavy atom. The molecule has 0 unspecified atom stereocenters. The highest BCUT2D eigenvalue weighted by Gasteiger charge is 2.52. The van der Waals surface area contributed by atoms with Gasteiger partial charge in [-0.25, -0.2) is 0 Å². The van der Waals surface area contributed by atoms with Gasteiger partial charge in [-0.15, -0.1) is 18.7 Å². The predicted molar refractivity (Wildman–Crippen MR) is 70.9 cm³/mol. The zero-order chi connectivity index (χ0) is 12.2. The first-order valence-corrected chi connectivity index (χ1v) is 7.13. The summed E-state index contributed by atoms with van der Waals surface area (Å²) in [5.74, 6) is 0. The smallest absolute Gasteiger partial charge is 0.306 e. The van der Waals surface area contributed by atoms with Gasteiger partial charge in [0.2, 0.25) is 0 Å². The van der Waals surface area contributed by atoms with E-state index in [1.54, 1.807) is 0 Å². The molecule has 0 aliphatic carbocycles. The molecule has 0 aliphatic heterocycles. The van der Waals surface area contributed by atoms with Gasteiger partial charge in [-0.2, -0.15) is 0 Å². The molecule has 0 bridgehead atoms. The number of hydrogen-bond acceptors (Lipinski definition) is 4. The van der Waals surface area contributed by atoms with Crippen molar-refractivity contribution in [2.24, 2.45) is 0 Å². The third-order valence-corrected chi connectivity index (χ3v) is 7.26. The molecule has 0 fully saturated rings. The third kappa shape index (κ3) is 3.28. The second kappa shape index (κ2) is 7.80. The van der Waals surface area contributed by atoms with Gasteiger partial charge in [-0.1, -0.05) is 0 Å². The van der Waals surface area contributed by atoms with Crippen LogP contribution < -0.4 is 12.4 Å². The number of nitrogens with zero attached hydrogens (tertiary/aromatic N) is 4. The maximum atomic E-state index is 2.55. The molecule has 0 rings (SSSR count). The van der Waals surface area contributed by atoms with Gasteiger partial charge in [-0.05, 0) is 13.8 Å². The van der Waals surface area contributed by atoms with E-state index >= 15 is 0 Å². The molecule has 0 saturated carbocycles. The van der Waals surface area contributed by atoms with Crippen molar-refractivity contribution in [3.63, 3.8) is 0 Å². The van der Waals surface area contributed by atoms with E-state index in [0.29, 0.717) is 0 Å². The number of hydrogen-bond donors (Lipinski definition) is 0. The Kier molecular flexibility index (Phi) is 9.22. The summed E-state index contributed by atoms with van der Waals surface area (Å²) >= 11 is 0. The lowest BCUT2D eigenvalue weighted by atomic mass is 10.7. The fourth-order valence-corrected chi connectivity index (χ4v) is 6.86. The van der Waals surface area contributed by atoms with Crippen molar-refractivity contribution < 1.29 is 12.4 Å². The normalized spacial score (nSPS) is 12.8. The molecule has 0 aromatic carbocycles. The van der Waals surface area contributed by atoms with E-state index in [9.17, 15) is 0 Å². The molecule has 6 heteroatoms. The summed E-state index contributed by atoms with van der Waals surface area (Å²) < 4.78 is 9.63. The van der Waals surface area contributed by atoms with Gasteiger partial charge in [0.25, 0.3) is 0 Å². The van der Waals surface area contributed by atoms with Crippen LogP contribution in [-0.2, 0) is 0 Å². The second-order valence-corrected chi connectivity index (χ2v) is 8.26. The van der Waals surface area contributed by atoms with Gasteiger partial charge >= 0.3 is 7.87 Å². The predicted octanol–water partition coefficient (Wildman–Crippen LogP) is -1.31. The number of rotatable bonds is 6. The van der Waals surface area contributed by atoms with Gasteiger partial charge in [0.15, 0.2) is 0 Å². The molecule has 0 aromatic heterocycles. The van der Waals surface area contributed by atoms with E-state index in [1.807, 2.05) is 0 Å². The lowest BCUT2D eigenvalue weighted by Gasteiger charge is -2.44. The van der Waals surface area contributed by atoms with E-state index in [4.69, 9.17) is 0 Å². The maximum Gasteiger partial charge on any atom is 0.306 e. The van der Waals surface area contributed by atoms with Crippen molar-refractivity contribution >= 4 is 7.87 Å². The van der Waals surface area contributed by atoms with E-state index in [1.165, 1.54) is 0 Å². The van der Waals surface area contributed by atoms with Crippen LogP contribution in [0.1, 0.15) is 13.8 Å². The Hall–Kier alpha value is 0.560. The molecule has 0 heterocycles. The first kappa shape index (κ1) is 18.9. The van der Waals surface area contributed by atoms with Crippen LogP contribution in [0.3, 0.4) is 0 Å². The molecule has 0 aromatic rings. The van der Waals surface area contributed by atoms with Crippen molar-refractivity contribution in [2.45, 2.75) is 13.8 Å². The van der Waals surface area contributed by atoms with Crippen molar-refractivity contribution in [3.8, 4) is 0 Å². The summed E-state index contributed by atoms with van der Waals surface area (Å²) in [6.45, 7) is 6.63. The maximum absolute atomic E-state index is 2.55. The summed E-state index contributed by atoms with van der Waals surface area (Å²) in [5.41, 5.74) is 0. The standard InChI is InChI=1S/C10H28N4P.ClH/c1-9-14(10-2)15(11(3)4,12(5)6)13(7)8;/h9-10H2,1-8H3;1H/q+1;/p-1. The highest BCUT2D eigenvalue weighted by atomic mass is 35.5. The van der Waals surface area contributed by atoms with Crippen LogP contribution in [0.4, 0.5) is 0 Å². The largest absolute Gasteiger partial charge is 1.00 e. The lowest BCUT2D eigenvalue weighted by Crippen LogP contribution is -3.00. The second-order valence-electron chi connectivity index (χ2n) is 4.22. The van der Waals surface area contributed by atoms with Crippen LogP contribution in [0.25, 0.3) is 0 Å². The molecule has 0 amide bonds. The average molecular weight is 271 g/mol. The molecular formula is C10H28ClN4P. The van der Waals surface area contributed by atoms with Gasteiger partial charge in [0.05, 0.1) is 0 Å². The topological polar surface area (TPSA) is 13.0 Å². The summed E-state index contributed by atoms with van der Waals surface area (Å²) in [5, 5.41) is 0. The van der Waals surface area contributed by atoms with Crippen molar-refractivity contribution in [3.05, 3.63) is 0 Å². The Morgan fingerprint density at radius 2 is 0.938 bits per heavy atom. The van der Waals surface area contributed by atoms with Gasteiger partial charge in [0.1, 0.15) is 0 Å². The first-order chi connectivity index (χ1) is 6.85. The third-order valence-electron chi connectivity index (χ3n) is 2.72. The van der Waals surface area contributed by atoms with E-state index in [2.05, 4.69) is 74.8 Å². The molecule has 0 saturated heterocycles. The average Bonchev–Trinajstić information content (AvgIpc) is 2.11. The minimum atomic E-state index is -1.49. The molecular weight excluding hydrogens is 243 g/mol. The first-order valence-electron chi connectivity index (χ1n) is 5.53. The Balaban J connectivity index is 0.